The van der Waals surface area contributed by atoms with Crippen LogP contribution in [0.5, 0.6) is 0 Å². The lowest BCUT2D eigenvalue weighted by Gasteiger charge is -2.41. The predicted octanol–water partition coefficient (Wildman–Crippen LogP) is 26.3. The van der Waals surface area contributed by atoms with Crippen molar-refractivity contribution in [3.63, 3.8) is 0 Å². The van der Waals surface area contributed by atoms with Gasteiger partial charge >= 0.3 is 0 Å². The molecule has 0 fully saturated rings. The summed E-state index contributed by atoms with van der Waals surface area (Å²) in [5.41, 5.74) is 28.1. The van der Waals surface area contributed by atoms with Crippen LogP contribution in [0.25, 0.3) is 44.5 Å². The molecule has 6 aromatic rings. The Kier molecular flexibility index (Phi) is 18.3. The lowest BCUT2D eigenvalue weighted by molar-refractivity contribution is 0.547. The lowest BCUT2D eigenvalue weighted by Crippen LogP contribution is -2.28. The maximum Gasteiger partial charge on any atom is 0.0159 e. The topological polar surface area (TPSA) is 0 Å². The van der Waals surface area contributed by atoms with Crippen LogP contribution in [0, 0.1) is 0 Å². The highest BCUT2D eigenvalue weighted by Gasteiger charge is 2.42. The van der Waals surface area contributed by atoms with Gasteiger partial charge in [-0.15, -0.1) is 0 Å². The van der Waals surface area contributed by atoms with E-state index >= 15 is 0 Å². The third kappa shape index (κ3) is 14.6. The van der Waals surface area contributed by atoms with Gasteiger partial charge in [-0.1, -0.05) is 348 Å². The summed E-state index contributed by atoms with van der Waals surface area (Å²) in [5, 5.41) is 0. The van der Waals surface area contributed by atoms with Crippen molar-refractivity contribution in [2.45, 2.75) is 333 Å². The Balaban J connectivity index is 2.15. The van der Waals surface area contributed by atoms with Gasteiger partial charge < -0.3 is 0 Å². The monoisotopic (exact) mass is 1170 g/mol. The highest BCUT2D eigenvalue weighted by atomic mass is 14.5. The standard InChI is InChI=1S/C87H128/c1-75(2,3)53-45-61(79(13,14)15)69(62(46-53)80(16,17)18)57-41-39-43-59(71(57)73-65(83(25,26)27)49-55(77(7,8)9)50-66(73)84(28,29)30)87(37,38)60-44-40-42-58(70-63(81(19,20)21)47-54(76(4,5)6)48-64(70)82(22,23)24)72(60)74-67(85(31,32)33)51-56(78(10,11)12)52-68(74)86(34,35)36/h39-52H,1-38H3. The number of hydrogen-bond acceptors (Lipinski definition) is 0. The molecule has 0 saturated heterocycles. The second-order valence-electron chi connectivity index (χ2n) is 39.9. The van der Waals surface area contributed by atoms with Gasteiger partial charge in [0.05, 0.1) is 0 Å². The van der Waals surface area contributed by atoms with Crippen molar-refractivity contribution in [3.8, 4) is 44.5 Å². The van der Waals surface area contributed by atoms with Crippen LogP contribution in [0.15, 0.2) is 84.9 Å². The summed E-state index contributed by atoms with van der Waals surface area (Å²) in [6.07, 6.45) is 0. The molecule has 0 aliphatic carbocycles. The predicted molar refractivity (Wildman–Crippen MR) is 391 cm³/mol. The Morgan fingerprint density at radius 1 is 0.161 bits per heavy atom. The van der Waals surface area contributed by atoms with Gasteiger partial charge in [-0.2, -0.15) is 0 Å². The zero-order valence-electron chi connectivity index (χ0n) is 63.6. The zero-order chi connectivity index (χ0) is 67.1. The smallest absolute Gasteiger partial charge is 0.0159 e. The van der Waals surface area contributed by atoms with Crippen molar-refractivity contribution in [1.29, 1.82) is 0 Å². The number of hydrogen-bond donors (Lipinski definition) is 0. The van der Waals surface area contributed by atoms with Gasteiger partial charge in [0.25, 0.3) is 0 Å². The van der Waals surface area contributed by atoms with E-state index in [9.17, 15) is 0 Å². The molecule has 0 N–H and O–H groups in total. The molecule has 0 amide bonds. The maximum atomic E-state index is 2.62. The quantitative estimate of drug-likeness (QED) is 0.156. The van der Waals surface area contributed by atoms with E-state index < -0.39 is 5.41 Å². The second kappa shape index (κ2) is 22.3. The van der Waals surface area contributed by atoms with Crippen molar-refractivity contribution < 1.29 is 0 Å². The van der Waals surface area contributed by atoms with Crippen molar-refractivity contribution in [2.75, 3.05) is 0 Å². The summed E-state index contributed by atoms with van der Waals surface area (Å²) in [4.78, 5) is 0. The van der Waals surface area contributed by atoms with Crippen LogP contribution in [-0.4, -0.2) is 0 Å². The van der Waals surface area contributed by atoms with Gasteiger partial charge in [0.2, 0.25) is 0 Å². The molecule has 0 heteroatoms. The Hall–Kier alpha value is -4.68. The average Bonchev–Trinajstić information content (AvgIpc) is 0.755. The molecule has 0 aliphatic rings. The van der Waals surface area contributed by atoms with Gasteiger partial charge in [0, 0.05) is 5.41 Å². The van der Waals surface area contributed by atoms with E-state index in [0.29, 0.717) is 0 Å². The lowest BCUT2D eigenvalue weighted by atomic mass is 9.63. The third-order valence-corrected chi connectivity index (χ3v) is 19.0. The first kappa shape index (κ1) is 71.4. The van der Waals surface area contributed by atoms with Crippen LogP contribution in [0.3, 0.4) is 0 Å². The van der Waals surface area contributed by atoms with E-state index in [1.165, 1.54) is 122 Å². The third-order valence-electron chi connectivity index (χ3n) is 19.0. The first-order valence-corrected chi connectivity index (χ1v) is 33.6. The highest BCUT2D eigenvalue weighted by molar-refractivity contribution is 5.97. The SMILES string of the molecule is CC(C)(C)c1cc(C(C)(C)C)c(-c2cccc(C(C)(C)c3cccc(-c4c(C(C)(C)C)cc(C(C)(C)C)cc4C(C)(C)C)c3-c3c(C(C)(C)C)cc(C(C)(C)C)cc3C(C)(C)C)c2-c2c(C(C)(C)C)cc(C(C)(C)C)cc2C(C)(C)C)c(C(C)(C)C)c1. The Morgan fingerprint density at radius 2 is 0.322 bits per heavy atom. The molecule has 476 valence electrons. The van der Waals surface area contributed by atoms with E-state index in [0.717, 1.165) is 0 Å². The Morgan fingerprint density at radius 3 is 0.471 bits per heavy atom. The molecule has 0 nitrogen and oxygen atoms in total. The summed E-state index contributed by atoms with van der Waals surface area (Å²) in [5.74, 6) is 0. The van der Waals surface area contributed by atoms with Crippen LogP contribution in [0.2, 0.25) is 0 Å². The van der Waals surface area contributed by atoms with Gasteiger partial charge in [-0.05, 0) is 187 Å². The van der Waals surface area contributed by atoms with Crippen molar-refractivity contribution in [3.05, 3.63) is 163 Å². The molecule has 6 aromatic carbocycles. The molecule has 87 heavy (non-hydrogen) atoms. The summed E-state index contributed by atoms with van der Waals surface area (Å²) >= 11 is 0. The molecule has 0 heterocycles. The van der Waals surface area contributed by atoms with Crippen LogP contribution in [0.4, 0.5) is 0 Å². The van der Waals surface area contributed by atoms with Gasteiger partial charge in [-0.25, -0.2) is 0 Å². The summed E-state index contributed by atoms with van der Waals surface area (Å²) in [6.45, 7) is 92.9. The van der Waals surface area contributed by atoms with Crippen LogP contribution >= 0.6 is 0 Å². The molecule has 6 rings (SSSR count). The molecule has 0 bridgehead atoms. The molecular formula is C87H128. The van der Waals surface area contributed by atoms with E-state index in [2.05, 4.69) is 348 Å². The highest BCUT2D eigenvalue weighted by Crippen LogP contribution is 2.58. The molecule has 0 saturated carbocycles. The molecular weight excluding hydrogens is 1040 g/mol. The largest absolute Gasteiger partial charge is 0.0613 e. The van der Waals surface area contributed by atoms with E-state index in [1.807, 2.05) is 0 Å². The second-order valence-corrected chi connectivity index (χ2v) is 39.9. The fourth-order valence-corrected chi connectivity index (χ4v) is 13.4. The molecule has 0 radical (unpaired) electrons. The van der Waals surface area contributed by atoms with Crippen LogP contribution < -0.4 is 0 Å². The summed E-state index contributed by atoms with van der Waals surface area (Å²) < 4.78 is 0. The first-order valence-electron chi connectivity index (χ1n) is 33.6. The average molecular weight is 1170 g/mol. The fourth-order valence-electron chi connectivity index (χ4n) is 13.4. The molecule has 0 aromatic heterocycles. The minimum Gasteiger partial charge on any atom is -0.0613 e. The van der Waals surface area contributed by atoms with Crippen LogP contribution in [-0.2, 0) is 70.4 Å². The van der Waals surface area contributed by atoms with Gasteiger partial charge in [0.15, 0.2) is 0 Å². The van der Waals surface area contributed by atoms with Crippen molar-refractivity contribution in [2.24, 2.45) is 0 Å². The minimum absolute atomic E-state index is 0.0517. The molecule has 0 atom stereocenters. The number of benzene rings is 6. The van der Waals surface area contributed by atoms with Crippen molar-refractivity contribution >= 4 is 0 Å². The summed E-state index contributed by atoms with van der Waals surface area (Å²) in [6, 6.07) is 35.9. The summed E-state index contributed by atoms with van der Waals surface area (Å²) in [7, 11) is 0. The Labute approximate surface area is 537 Å². The zero-order valence-corrected chi connectivity index (χ0v) is 63.6. The Bertz CT molecular complexity index is 3160. The van der Waals surface area contributed by atoms with Gasteiger partial charge in [0.1, 0.15) is 0 Å². The molecule has 0 aliphatic heterocycles. The number of rotatable bonds is 6. The van der Waals surface area contributed by atoms with E-state index in [1.54, 1.807) is 0 Å². The molecule has 0 spiro atoms. The van der Waals surface area contributed by atoms with Gasteiger partial charge in [-0.3, -0.25) is 0 Å². The maximum absolute atomic E-state index is 2.62. The molecule has 0 unspecified atom stereocenters. The first-order chi connectivity index (χ1) is 38.5. The minimum atomic E-state index is -0.596. The normalized spacial score (nSPS) is 14.3. The van der Waals surface area contributed by atoms with E-state index in [4.69, 9.17) is 0 Å². The van der Waals surface area contributed by atoms with Crippen LogP contribution in [0.1, 0.15) is 341 Å². The van der Waals surface area contributed by atoms with E-state index in [-0.39, 0.29) is 65.0 Å². The van der Waals surface area contributed by atoms with Crippen molar-refractivity contribution in [1.82, 2.24) is 0 Å². The fraction of sp³-hybridized carbons (Fsp3) is 0.586.